The number of rotatable bonds is 5. The number of hydrogen-bond donors (Lipinski definition) is 1. The summed E-state index contributed by atoms with van der Waals surface area (Å²) in [6.45, 7) is 3.54. The number of nitrogen functional groups attached to an aromatic ring is 1. The molecule has 5 nitrogen and oxygen atoms in total. The maximum atomic E-state index is 11.9. The summed E-state index contributed by atoms with van der Waals surface area (Å²) in [6, 6.07) is 7.76. The van der Waals surface area contributed by atoms with Crippen LogP contribution in [-0.2, 0) is 16.0 Å². The highest BCUT2D eigenvalue weighted by molar-refractivity contribution is 5.92. The maximum absolute atomic E-state index is 11.9. The number of piperazine rings is 1. The van der Waals surface area contributed by atoms with Crippen LogP contribution in [0.1, 0.15) is 18.9 Å². The van der Waals surface area contributed by atoms with Gasteiger partial charge < -0.3 is 15.5 Å². The minimum Gasteiger partial charge on any atom is -0.399 e. The van der Waals surface area contributed by atoms with E-state index in [0.717, 1.165) is 24.1 Å². The Balaban J connectivity index is 1.82. The lowest BCUT2D eigenvalue weighted by Crippen LogP contribution is -2.53. The Morgan fingerprint density at radius 1 is 1.15 bits per heavy atom. The van der Waals surface area contributed by atoms with Gasteiger partial charge in [0, 0.05) is 18.8 Å². The summed E-state index contributed by atoms with van der Waals surface area (Å²) < 4.78 is 0. The van der Waals surface area contributed by atoms with Gasteiger partial charge in [-0.3, -0.25) is 9.59 Å². The number of nitrogens with zero attached hydrogens (tertiary/aromatic N) is 2. The van der Waals surface area contributed by atoms with E-state index in [-0.39, 0.29) is 24.9 Å². The molecule has 1 saturated heterocycles. The largest absolute Gasteiger partial charge is 0.399 e. The zero-order chi connectivity index (χ0) is 14.5. The Labute approximate surface area is 119 Å². The summed E-state index contributed by atoms with van der Waals surface area (Å²) in [6.07, 6.45) is 1.70. The lowest BCUT2D eigenvalue weighted by atomic mass is 10.1. The highest BCUT2D eigenvalue weighted by Gasteiger charge is 2.28. The van der Waals surface area contributed by atoms with Crippen LogP contribution in [0.5, 0.6) is 0 Å². The van der Waals surface area contributed by atoms with E-state index < -0.39 is 0 Å². The van der Waals surface area contributed by atoms with Gasteiger partial charge in [-0.15, -0.1) is 0 Å². The molecule has 2 N–H and O–H groups in total. The van der Waals surface area contributed by atoms with Crippen LogP contribution in [0.2, 0.25) is 0 Å². The van der Waals surface area contributed by atoms with Crippen molar-refractivity contribution >= 4 is 17.5 Å². The van der Waals surface area contributed by atoms with Crippen molar-refractivity contribution in [1.82, 2.24) is 9.80 Å². The Morgan fingerprint density at radius 2 is 1.85 bits per heavy atom. The molecule has 2 amide bonds. The number of amides is 2. The molecule has 0 radical (unpaired) electrons. The van der Waals surface area contributed by atoms with Crippen molar-refractivity contribution < 1.29 is 9.59 Å². The second kappa shape index (κ2) is 6.41. The van der Waals surface area contributed by atoms with Crippen LogP contribution < -0.4 is 5.73 Å². The van der Waals surface area contributed by atoms with Crippen LogP contribution >= 0.6 is 0 Å². The van der Waals surface area contributed by atoms with E-state index in [4.69, 9.17) is 5.73 Å². The third kappa shape index (κ3) is 3.50. The molecule has 0 aromatic heterocycles. The Kier molecular flexibility index (Phi) is 4.61. The van der Waals surface area contributed by atoms with E-state index >= 15 is 0 Å². The van der Waals surface area contributed by atoms with E-state index in [1.807, 2.05) is 31.2 Å². The SMILES string of the molecule is CCN1CC(=O)N(CCCc2cccc(N)c2)CC1=O. The van der Waals surface area contributed by atoms with Gasteiger partial charge in [-0.25, -0.2) is 0 Å². The molecule has 0 saturated carbocycles. The fourth-order valence-corrected chi connectivity index (χ4v) is 2.42. The number of anilines is 1. The molecular formula is C15H21N3O2. The third-order valence-corrected chi connectivity index (χ3v) is 3.58. The number of aryl methyl sites for hydroxylation is 1. The molecule has 1 heterocycles. The summed E-state index contributed by atoms with van der Waals surface area (Å²) in [5, 5.41) is 0. The van der Waals surface area contributed by atoms with Gasteiger partial charge in [0.15, 0.2) is 0 Å². The zero-order valence-corrected chi connectivity index (χ0v) is 11.8. The molecule has 20 heavy (non-hydrogen) atoms. The van der Waals surface area contributed by atoms with Gasteiger partial charge >= 0.3 is 0 Å². The average molecular weight is 275 g/mol. The highest BCUT2D eigenvalue weighted by atomic mass is 16.2. The third-order valence-electron chi connectivity index (χ3n) is 3.58. The first kappa shape index (κ1) is 14.4. The van der Waals surface area contributed by atoms with E-state index in [1.54, 1.807) is 9.80 Å². The predicted octanol–water partition coefficient (Wildman–Crippen LogP) is 0.892. The van der Waals surface area contributed by atoms with E-state index in [2.05, 4.69) is 0 Å². The lowest BCUT2D eigenvalue weighted by Gasteiger charge is -2.33. The van der Waals surface area contributed by atoms with Crippen LogP contribution in [0.4, 0.5) is 5.69 Å². The number of hydrogen-bond acceptors (Lipinski definition) is 3. The lowest BCUT2D eigenvalue weighted by molar-refractivity contribution is -0.149. The molecule has 0 unspecified atom stereocenters. The van der Waals surface area contributed by atoms with Crippen LogP contribution in [0.25, 0.3) is 0 Å². The van der Waals surface area contributed by atoms with Crippen molar-refractivity contribution in [3.05, 3.63) is 29.8 Å². The Morgan fingerprint density at radius 3 is 2.55 bits per heavy atom. The second-order valence-corrected chi connectivity index (χ2v) is 5.07. The van der Waals surface area contributed by atoms with Crippen LogP contribution in [0, 0.1) is 0 Å². The molecule has 1 aromatic rings. The molecule has 5 heteroatoms. The van der Waals surface area contributed by atoms with E-state index in [0.29, 0.717) is 13.1 Å². The first-order valence-electron chi connectivity index (χ1n) is 7.00. The molecule has 0 bridgehead atoms. The normalized spacial score (nSPS) is 15.8. The van der Waals surface area contributed by atoms with Crippen molar-refractivity contribution in [2.24, 2.45) is 0 Å². The molecule has 108 valence electrons. The van der Waals surface area contributed by atoms with Gasteiger partial charge in [0.05, 0.1) is 13.1 Å². The van der Waals surface area contributed by atoms with Gasteiger partial charge in [0.2, 0.25) is 11.8 Å². The topological polar surface area (TPSA) is 66.6 Å². The predicted molar refractivity (Wildman–Crippen MR) is 78.0 cm³/mol. The highest BCUT2D eigenvalue weighted by Crippen LogP contribution is 2.11. The van der Waals surface area contributed by atoms with Crippen molar-refractivity contribution in [3.8, 4) is 0 Å². The Hall–Kier alpha value is -2.04. The fraction of sp³-hybridized carbons (Fsp3) is 0.467. The molecule has 0 aliphatic carbocycles. The van der Waals surface area contributed by atoms with Crippen molar-refractivity contribution in [2.75, 3.05) is 31.9 Å². The van der Waals surface area contributed by atoms with Gasteiger partial charge in [-0.1, -0.05) is 12.1 Å². The second-order valence-electron chi connectivity index (χ2n) is 5.07. The maximum Gasteiger partial charge on any atom is 0.242 e. The molecule has 0 spiro atoms. The number of benzene rings is 1. The summed E-state index contributed by atoms with van der Waals surface area (Å²) in [5.41, 5.74) is 7.65. The van der Waals surface area contributed by atoms with Crippen LogP contribution in [-0.4, -0.2) is 47.8 Å². The summed E-state index contributed by atoms with van der Waals surface area (Å²) in [5.74, 6) is 0.0788. The molecule has 1 aliphatic heterocycles. The number of nitrogens with two attached hydrogens (primary N) is 1. The van der Waals surface area contributed by atoms with Crippen LogP contribution in [0.3, 0.4) is 0 Å². The van der Waals surface area contributed by atoms with Gasteiger partial charge in [-0.05, 0) is 37.5 Å². The summed E-state index contributed by atoms with van der Waals surface area (Å²) >= 11 is 0. The average Bonchev–Trinajstić information content (AvgIpc) is 2.42. The zero-order valence-electron chi connectivity index (χ0n) is 11.8. The first-order valence-corrected chi connectivity index (χ1v) is 7.00. The minimum atomic E-state index is 0.0380. The van der Waals surface area contributed by atoms with E-state index in [1.165, 1.54) is 0 Å². The molecule has 1 fully saturated rings. The van der Waals surface area contributed by atoms with Crippen molar-refractivity contribution in [3.63, 3.8) is 0 Å². The van der Waals surface area contributed by atoms with Crippen LogP contribution in [0.15, 0.2) is 24.3 Å². The molecule has 0 atom stereocenters. The van der Waals surface area contributed by atoms with Gasteiger partial charge in [0.1, 0.15) is 0 Å². The van der Waals surface area contributed by atoms with Gasteiger partial charge in [0.25, 0.3) is 0 Å². The number of carbonyl (C=O) groups excluding carboxylic acids is 2. The Bertz CT molecular complexity index is 502. The summed E-state index contributed by atoms with van der Waals surface area (Å²) in [7, 11) is 0. The molecule has 1 aromatic carbocycles. The fourth-order valence-electron chi connectivity index (χ4n) is 2.42. The van der Waals surface area contributed by atoms with E-state index in [9.17, 15) is 9.59 Å². The standard InChI is InChI=1S/C15H21N3O2/c1-2-17-10-15(20)18(11-14(17)19)8-4-6-12-5-3-7-13(16)9-12/h3,5,7,9H,2,4,6,8,10-11,16H2,1H3. The first-order chi connectivity index (χ1) is 9.60. The number of carbonyl (C=O) groups is 2. The molecular weight excluding hydrogens is 254 g/mol. The number of likely N-dealkylation sites (N-methyl/N-ethyl adjacent to an activating group) is 1. The molecule has 1 aliphatic rings. The van der Waals surface area contributed by atoms with Crippen molar-refractivity contribution in [1.29, 1.82) is 0 Å². The van der Waals surface area contributed by atoms with Crippen molar-refractivity contribution in [2.45, 2.75) is 19.8 Å². The quantitative estimate of drug-likeness (QED) is 0.812. The minimum absolute atomic E-state index is 0.0380. The smallest absolute Gasteiger partial charge is 0.242 e. The summed E-state index contributed by atoms with van der Waals surface area (Å²) in [4.78, 5) is 26.9. The monoisotopic (exact) mass is 275 g/mol. The van der Waals surface area contributed by atoms with Gasteiger partial charge in [-0.2, -0.15) is 0 Å². The molecule has 2 rings (SSSR count).